The van der Waals surface area contributed by atoms with Crippen molar-refractivity contribution in [1.29, 1.82) is 5.26 Å². The Kier molecular flexibility index (Phi) is 4.39. The molecule has 1 aromatic rings. The number of benzene rings is 1. The molecule has 0 aromatic heterocycles. The normalized spacial score (nSPS) is 10.8. The van der Waals surface area contributed by atoms with Crippen LogP contribution in [0.25, 0.3) is 0 Å². The predicted molar refractivity (Wildman–Crippen MR) is 57.5 cm³/mol. The zero-order chi connectivity index (χ0) is 12.1. The predicted octanol–water partition coefficient (Wildman–Crippen LogP) is 2.70. The van der Waals surface area contributed by atoms with Gasteiger partial charge in [0.25, 0.3) is 0 Å². The Morgan fingerprint density at radius 3 is 2.56 bits per heavy atom. The van der Waals surface area contributed by atoms with Gasteiger partial charge in [-0.3, -0.25) is 4.90 Å². The molecule has 0 unspecified atom stereocenters. The molecular formula is C12H14F2N2. The molecule has 0 saturated carbocycles. The minimum absolute atomic E-state index is 0.143. The molecule has 1 aromatic carbocycles. The van der Waals surface area contributed by atoms with Gasteiger partial charge in [-0.05, 0) is 19.9 Å². The summed E-state index contributed by atoms with van der Waals surface area (Å²) in [5.41, 5.74) is 0.408. The molecule has 0 spiro atoms. The lowest BCUT2D eigenvalue weighted by Gasteiger charge is -2.23. The quantitative estimate of drug-likeness (QED) is 0.735. The third kappa shape index (κ3) is 3.28. The van der Waals surface area contributed by atoms with Crippen LogP contribution in [0.4, 0.5) is 8.78 Å². The highest BCUT2D eigenvalue weighted by Gasteiger charge is 2.12. The third-order valence-corrected chi connectivity index (χ3v) is 2.39. The van der Waals surface area contributed by atoms with Crippen molar-refractivity contribution in [3.63, 3.8) is 0 Å². The zero-order valence-corrected chi connectivity index (χ0v) is 9.37. The van der Waals surface area contributed by atoms with Gasteiger partial charge >= 0.3 is 0 Å². The Balaban J connectivity index is 2.82. The number of hydrogen-bond acceptors (Lipinski definition) is 2. The summed E-state index contributed by atoms with van der Waals surface area (Å²) in [6.07, 6.45) is 0. The van der Waals surface area contributed by atoms with Crippen LogP contribution in [0.2, 0.25) is 0 Å². The summed E-state index contributed by atoms with van der Waals surface area (Å²) in [5.74, 6) is -1.15. The van der Waals surface area contributed by atoms with Gasteiger partial charge in [0, 0.05) is 24.2 Å². The average molecular weight is 224 g/mol. The van der Waals surface area contributed by atoms with E-state index in [1.807, 2.05) is 24.8 Å². The Morgan fingerprint density at radius 1 is 1.38 bits per heavy atom. The molecule has 0 aliphatic heterocycles. The number of hydrogen-bond donors (Lipinski definition) is 0. The van der Waals surface area contributed by atoms with Gasteiger partial charge in [0.15, 0.2) is 0 Å². The van der Waals surface area contributed by atoms with Crippen molar-refractivity contribution in [3.05, 3.63) is 35.4 Å². The van der Waals surface area contributed by atoms with Gasteiger partial charge in [0.05, 0.1) is 12.6 Å². The van der Waals surface area contributed by atoms with E-state index >= 15 is 0 Å². The third-order valence-electron chi connectivity index (χ3n) is 2.39. The van der Waals surface area contributed by atoms with Crippen molar-refractivity contribution in [2.75, 3.05) is 6.54 Å². The minimum Gasteiger partial charge on any atom is -0.284 e. The summed E-state index contributed by atoms with van der Waals surface area (Å²) < 4.78 is 26.1. The molecule has 0 heterocycles. The number of nitriles is 1. The van der Waals surface area contributed by atoms with E-state index in [2.05, 4.69) is 0 Å². The van der Waals surface area contributed by atoms with E-state index in [0.717, 1.165) is 6.07 Å². The summed E-state index contributed by atoms with van der Waals surface area (Å²) >= 11 is 0. The lowest BCUT2D eigenvalue weighted by atomic mass is 10.1. The largest absolute Gasteiger partial charge is 0.284 e. The van der Waals surface area contributed by atoms with Gasteiger partial charge in [-0.1, -0.05) is 6.07 Å². The van der Waals surface area contributed by atoms with Crippen molar-refractivity contribution in [2.24, 2.45) is 0 Å². The van der Waals surface area contributed by atoms with Crippen LogP contribution in [-0.4, -0.2) is 17.5 Å². The van der Waals surface area contributed by atoms with Gasteiger partial charge in [-0.2, -0.15) is 5.26 Å². The molecule has 0 radical (unpaired) electrons. The molecule has 0 aliphatic carbocycles. The number of halogens is 2. The second-order valence-corrected chi connectivity index (χ2v) is 3.89. The van der Waals surface area contributed by atoms with Crippen LogP contribution in [0.3, 0.4) is 0 Å². The molecule has 0 fully saturated rings. The lowest BCUT2D eigenvalue weighted by Crippen LogP contribution is -2.31. The van der Waals surface area contributed by atoms with Crippen molar-refractivity contribution in [1.82, 2.24) is 4.90 Å². The molecule has 0 saturated heterocycles. The van der Waals surface area contributed by atoms with Gasteiger partial charge in [0.2, 0.25) is 0 Å². The van der Waals surface area contributed by atoms with E-state index in [4.69, 9.17) is 5.26 Å². The molecule has 0 aliphatic rings. The highest BCUT2D eigenvalue weighted by atomic mass is 19.1. The fourth-order valence-corrected chi connectivity index (χ4v) is 1.38. The molecule has 0 amide bonds. The minimum atomic E-state index is -0.586. The van der Waals surface area contributed by atoms with E-state index < -0.39 is 11.6 Å². The molecular weight excluding hydrogens is 210 g/mol. The fourth-order valence-electron chi connectivity index (χ4n) is 1.38. The monoisotopic (exact) mass is 224 g/mol. The molecule has 1 rings (SSSR count). The van der Waals surface area contributed by atoms with Crippen molar-refractivity contribution >= 4 is 0 Å². The maximum Gasteiger partial charge on any atom is 0.130 e. The SMILES string of the molecule is CC(C)N(CC#N)Cc1ccc(F)cc1F. The first-order valence-electron chi connectivity index (χ1n) is 5.09. The average Bonchev–Trinajstić information content (AvgIpc) is 2.20. The Morgan fingerprint density at radius 2 is 2.06 bits per heavy atom. The second kappa shape index (κ2) is 5.57. The van der Waals surface area contributed by atoms with Gasteiger partial charge < -0.3 is 0 Å². The van der Waals surface area contributed by atoms with Crippen molar-refractivity contribution in [3.8, 4) is 6.07 Å². The van der Waals surface area contributed by atoms with Crippen molar-refractivity contribution < 1.29 is 8.78 Å². The van der Waals surface area contributed by atoms with E-state index in [1.165, 1.54) is 12.1 Å². The summed E-state index contributed by atoms with van der Waals surface area (Å²) in [7, 11) is 0. The highest BCUT2D eigenvalue weighted by molar-refractivity contribution is 5.18. The van der Waals surface area contributed by atoms with Crippen LogP contribution in [0, 0.1) is 23.0 Å². The van der Waals surface area contributed by atoms with Gasteiger partial charge in [-0.15, -0.1) is 0 Å². The van der Waals surface area contributed by atoms with E-state index in [0.29, 0.717) is 12.1 Å². The van der Waals surface area contributed by atoms with Crippen LogP contribution < -0.4 is 0 Å². The first-order valence-corrected chi connectivity index (χ1v) is 5.09. The van der Waals surface area contributed by atoms with Crippen LogP contribution in [0.5, 0.6) is 0 Å². The van der Waals surface area contributed by atoms with Crippen LogP contribution >= 0.6 is 0 Å². The summed E-state index contributed by atoms with van der Waals surface area (Å²) in [6.45, 7) is 4.41. The molecule has 0 atom stereocenters. The smallest absolute Gasteiger partial charge is 0.130 e. The van der Waals surface area contributed by atoms with Crippen LogP contribution in [-0.2, 0) is 6.54 Å². The zero-order valence-electron chi connectivity index (χ0n) is 9.37. The molecule has 0 N–H and O–H groups in total. The Labute approximate surface area is 94.1 Å². The summed E-state index contributed by atoms with van der Waals surface area (Å²) in [5, 5.41) is 8.63. The van der Waals surface area contributed by atoms with Gasteiger partial charge in [0.1, 0.15) is 11.6 Å². The Bertz CT molecular complexity index is 396. The lowest BCUT2D eigenvalue weighted by molar-refractivity contribution is 0.237. The molecule has 4 heteroatoms. The topological polar surface area (TPSA) is 27.0 Å². The second-order valence-electron chi connectivity index (χ2n) is 3.89. The summed E-state index contributed by atoms with van der Waals surface area (Å²) in [4.78, 5) is 1.82. The fraction of sp³-hybridized carbons (Fsp3) is 0.417. The number of nitrogens with zero attached hydrogens (tertiary/aromatic N) is 2. The van der Waals surface area contributed by atoms with Crippen LogP contribution in [0.1, 0.15) is 19.4 Å². The first-order chi connectivity index (χ1) is 7.54. The maximum atomic E-state index is 13.4. The first kappa shape index (κ1) is 12.6. The van der Waals surface area contributed by atoms with E-state index in [9.17, 15) is 8.78 Å². The summed E-state index contributed by atoms with van der Waals surface area (Å²) in [6, 6.07) is 5.67. The van der Waals surface area contributed by atoms with E-state index in [1.54, 1.807) is 0 Å². The molecule has 0 bridgehead atoms. The molecule has 86 valence electrons. The van der Waals surface area contributed by atoms with Crippen molar-refractivity contribution in [2.45, 2.75) is 26.4 Å². The maximum absolute atomic E-state index is 13.4. The molecule has 16 heavy (non-hydrogen) atoms. The standard InChI is InChI=1S/C12H14F2N2/c1-9(2)16(6-5-15)8-10-3-4-11(13)7-12(10)14/h3-4,7,9H,6,8H2,1-2H3. The van der Waals surface area contributed by atoms with E-state index in [-0.39, 0.29) is 12.6 Å². The van der Waals surface area contributed by atoms with Gasteiger partial charge in [-0.25, -0.2) is 8.78 Å². The molecule has 2 nitrogen and oxygen atoms in total. The Hall–Kier alpha value is -1.47. The number of rotatable bonds is 4. The highest BCUT2D eigenvalue weighted by Crippen LogP contribution is 2.13. The van der Waals surface area contributed by atoms with Crippen LogP contribution in [0.15, 0.2) is 18.2 Å².